The summed E-state index contributed by atoms with van der Waals surface area (Å²) in [6.07, 6.45) is 5.72. The lowest BCUT2D eigenvalue weighted by Crippen LogP contribution is -2.29. The van der Waals surface area contributed by atoms with Crippen LogP contribution in [0.15, 0.2) is 48.7 Å². The molecule has 1 aliphatic heterocycles. The van der Waals surface area contributed by atoms with Crippen molar-refractivity contribution in [2.45, 2.75) is 33.1 Å². The fourth-order valence-corrected chi connectivity index (χ4v) is 3.64. The molecule has 1 fully saturated rings. The topological polar surface area (TPSA) is 53.1 Å². The van der Waals surface area contributed by atoms with Gasteiger partial charge in [0.05, 0.1) is 0 Å². The van der Waals surface area contributed by atoms with Crippen LogP contribution in [-0.2, 0) is 0 Å². The molecule has 150 valence electrons. The molecule has 1 saturated heterocycles. The van der Waals surface area contributed by atoms with Crippen molar-refractivity contribution in [2.75, 3.05) is 28.6 Å². The molecule has 0 spiro atoms. The first-order valence-corrected chi connectivity index (χ1v) is 10.5. The van der Waals surface area contributed by atoms with Gasteiger partial charge in [0.2, 0.25) is 5.95 Å². The standard InChI is InChI=1S/C23H26ClN5/c1-16-14-19(8-11-21(16)24)26-22-17(2)15-25-23(28-22)27-18-6-9-20(10-7-18)29-12-4-3-5-13-29/h6-11,14-15H,3-5,12-13H2,1-2H3,(H2,25,26,27,28). The van der Waals surface area contributed by atoms with Crippen molar-refractivity contribution >= 4 is 40.4 Å². The Bertz CT molecular complexity index is 981. The van der Waals surface area contributed by atoms with Crippen LogP contribution in [0.25, 0.3) is 0 Å². The summed E-state index contributed by atoms with van der Waals surface area (Å²) >= 11 is 6.12. The highest BCUT2D eigenvalue weighted by molar-refractivity contribution is 6.31. The van der Waals surface area contributed by atoms with E-state index in [2.05, 4.69) is 49.8 Å². The number of anilines is 5. The van der Waals surface area contributed by atoms with Crippen LogP contribution in [0.3, 0.4) is 0 Å². The molecule has 2 heterocycles. The first kappa shape index (κ1) is 19.5. The highest BCUT2D eigenvalue weighted by Gasteiger charge is 2.11. The quantitative estimate of drug-likeness (QED) is 0.525. The van der Waals surface area contributed by atoms with Gasteiger partial charge in [0.15, 0.2) is 0 Å². The Morgan fingerprint density at radius 3 is 2.31 bits per heavy atom. The summed E-state index contributed by atoms with van der Waals surface area (Å²) < 4.78 is 0. The predicted octanol–water partition coefficient (Wildman–Crippen LogP) is 6.22. The molecule has 29 heavy (non-hydrogen) atoms. The van der Waals surface area contributed by atoms with Gasteiger partial charge in [0.25, 0.3) is 0 Å². The Kier molecular flexibility index (Phi) is 5.86. The lowest BCUT2D eigenvalue weighted by Gasteiger charge is -2.28. The Hall–Kier alpha value is -2.79. The normalized spacial score (nSPS) is 14.0. The van der Waals surface area contributed by atoms with Crippen molar-refractivity contribution in [3.05, 3.63) is 64.8 Å². The summed E-state index contributed by atoms with van der Waals surface area (Å²) in [6, 6.07) is 14.3. The van der Waals surface area contributed by atoms with Gasteiger partial charge in [-0.15, -0.1) is 0 Å². The second-order valence-electron chi connectivity index (χ2n) is 7.53. The third kappa shape index (κ3) is 4.80. The second-order valence-corrected chi connectivity index (χ2v) is 7.94. The minimum Gasteiger partial charge on any atom is -0.372 e. The van der Waals surface area contributed by atoms with Gasteiger partial charge in [-0.3, -0.25) is 0 Å². The molecule has 6 heteroatoms. The van der Waals surface area contributed by atoms with Gasteiger partial charge in [0.1, 0.15) is 5.82 Å². The Balaban J connectivity index is 1.47. The lowest BCUT2D eigenvalue weighted by molar-refractivity contribution is 0.578. The maximum absolute atomic E-state index is 6.12. The van der Waals surface area contributed by atoms with E-state index in [0.717, 1.165) is 46.4 Å². The molecule has 0 radical (unpaired) electrons. The number of nitrogens with one attached hydrogen (secondary N) is 2. The highest BCUT2D eigenvalue weighted by atomic mass is 35.5. The van der Waals surface area contributed by atoms with E-state index in [1.807, 2.05) is 38.2 Å². The maximum atomic E-state index is 6.12. The van der Waals surface area contributed by atoms with Crippen LogP contribution < -0.4 is 15.5 Å². The molecule has 2 N–H and O–H groups in total. The molecule has 1 aromatic heterocycles. The van der Waals surface area contributed by atoms with Gasteiger partial charge >= 0.3 is 0 Å². The Morgan fingerprint density at radius 2 is 1.59 bits per heavy atom. The summed E-state index contributed by atoms with van der Waals surface area (Å²) in [5.74, 6) is 1.34. The molecular formula is C23H26ClN5. The molecule has 0 unspecified atom stereocenters. The minimum atomic E-state index is 0.564. The number of aryl methyl sites for hydroxylation is 2. The van der Waals surface area contributed by atoms with Crippen LogP contribution in [0, 0.1) is 13.8 Å². The largest absolute Gasteiger partial charge is 0.372 e. The number of halogens is 1. The number of nitrogens with zero attached hydrogens (tertiary/aromatic N) is 3. The monoisotopic (exact) mass is 407 g/mol. The van der Waals surface area contributed by atoms with Gasteiger partial charge < -0.3 is 15.5 Å². The summed E-state index contributed by atoms with van der Waals surface area (Å²) in [4.78, 5) is 11.5. The number of hydrogen-bond acceptors (Lipinski definition) is 5. The molecule has 5 nitrogen and oxygen atoms in total. The molecule has 0 aliphatic carbocycles. The molecule has 3 aromatic rings. The number of hydrogen-bond donors (Lipinski definition) is 2. The predicted molar refractivity (Wildman–Crippen MR) is 122 cm³/mol. The van der Waals surface area contributed by atoms with E-state index in [0.29, 0.717) is 5.95 Å². The summed E-state index contributed by atoms with van der Waals surface area (Å²) in [5, 5.41) is 7.42. The molecule has 0 atom stereocenters. The molecule has 0 bridgehead atoms. The van der Waals surface area contributed by atoms with E-state index in [4.69, 9.17) is 11.6 Å². The number of benzene rings is 2. The SMILES string of the molecule is Cc1cc(Nc2nc(Nc3ccc(N4CCCCC4)cc3)ncc2C)ccc1Cl. The fraction of sp³-hybridized carbons (Fsp3) is 0.304. The minimum absolute atomic E-state index is 0.564. The zero-order valence-corrected chi connectivity index (χ0v) is 17.6. The van der Waals surface area contributed by atoms with Gasteiger partial charge in [-0.1, -0.05) is 11.6 Å². The molecule has 2 aromatic carbocycles. The molecule has 0 saturated carbocycles. The molecule has 0 amide bonds. The van der Waals surface area contributed by atoms with Crippen molar-refractivity contribution < 1.29 is 0 Å². The molecular weight excluding hydrogens is 382 g/mol. The third-order valence-electron chi connectivity index (χ3n) is 5.24. The van der Waals surface area contributed by atoms with Gasteiger partial charge in [0, 0.05) is 46.9 Å². The van der Waals surface area contributed by atoms with Crippen molar-refractivity contribution in [1.29, 1.82) is 0 Å². The zero-order chi connectivity index (χ0) is 20.2. The first-order valence-electron chi connectivity index (χ1n) is 10.1. The maximum Gasteiger partial charge on any atom is 0.229 e. The van der Waals surface area contributed by atoms with Crippen LogP contribution in [-0.4, -0.2) is 23.1 Å². The Morgan fingerprint density at radius 1 is 0.862 bits per heavy atom. The van der Waals surface area contributed by atoms with Crippen molar-refractivity contribution in [3.63, 3.8) is 0 Å². The van der Waals surface area contributed by atoms with Gasteiger partial charge in [-0.05, 0) is 81.1 Å². The van der Waals surface area contributed by atoms with Gasteiger partial charge in [-0.2, -0.15) is 4.98 Å². The third-order valence-corrected chi connectivity index (χ3v) is 5.66. The summed E-state index contributed by atoms with van der Waals surface area (Å²) in [7, 11) is 0. The summed E-state index contributed by atoms with van der Waals surface area (Å²) in [6.45, 7) is 6.27. The average molecular weight is 408 g/mol. The van der Waals surface area contributed by atoms with Crippen LogP contribution in [0.2, 0.25) is 5.02 Å². The zero-order valence-electron chi connectivity index (χ0n) is 16.9. The fourth-order valence-electron chi connectivity index (χ4n) is 3.52. The molecule has 1 aliphatic rings. The average Bonchev–Trinajstić information content (AvgIpc) is 2.74. The highest BCUT2D eigenvalue weighted by Crippen LogP contribution is 2.26. The lowest BCUT2D eigenvalue weighted by atomic mass is 10.1. The number of piperidine rings is 1. The van der Waals surface area contributed by atoms with Crippen LogP contribution in [0.4, 0.5) is 28.8 Å². The van der Waals surface area contributed by atoms with Gasteiger partial charge in [-0.25, -0.2) is 4.98 Å². The van der Waals surface area contributed by atoms with Crippen LogP contribution in [0.5, 0.6) is 0 Å². The van der Waals surface area contributed by atoms with E-state index >= 15 is 0 Å². The Labute approximate surface area is 177 Å². The van der Waals surface area contributed by atoms with E-state index < -0.39 is 0 Å². The van der Waals surface area contributed by atoms with E-state index in [1.165, 1.54) is 24.9 Å². The summed E-state index contributed by atoms with van der Waals surface area (Å²) in [5.41, 5.74) is 5.20. The van der Waals surface area contributed by atoms with E-state index in [1.54, 1.807) is 0 Å². The second kappa shape index (κ2) is 8.70. The number of aromatic nitrogens is 2. The van der Waals surface area contributed by atoms with Crippen molar-refractivity contribution in [3.8, 4) is 0 Å². The van der Waals surface area contributed by atoms with E-state index in [9.17, 15) is 0 Å². The van der Waals surface area contributed by atoms with Crippen molar-refractivity contribution in [1.82, 2.24) is 9.97 Å². The smallest absolute Gasteiger partial charge is 0.229 e. The first-order chi connectivity index (χ1) is 14.1. The van der Waals surface area contributed by atoms with Crippen molar-refractivity contribution in [2.24, 2.45) is 0 Å². The van der Waals surface area contributed by atoms with Crippen LogP contribution in [0.1, 0.15) is 30.4 Å². The number of rotatable bonds is 5. The van der Waals surface area contributed by atoms with Crippen LogP contribution >= 0.6 is 11.6 Å². The van der Waals surface area contributed by atoms with E-state index in [-0.39, 0.29) is 0 Å². The molecule has 4 rings (SSSR count).